The second-order valence-electron chi connectivity index (χ2n) is 9.50. The molecule has 12 heteroatoms. The van der Waals surface area contributed by atoms with Gasteiger partial charge in [-0.1, -0.05) is 12.1 Å². The second-order valence-corrected chi connectivity index (χ2v) is 11.7. The number of rotatable bonds is 5. The van der Waals surface area contributed by atoms with Crippen molar-refractivity contribution in [3.63, 3.8) is 0 Å². The van der Waals surface area contributed by atoms with E-state index < -0.39 is 74.4 Å². The maximum atomic E-state index is 13.5. The highest BCUT2D eigenvalue weighted by atomic mass is 32.2. The fraction of sp³-hybridized carbons (Fsp3) is 0.591. The lowest BCUT2D eigenvalue weighted by molar-refractivity contribution is -0.139. The molecule has 1 saturated carbocycles. The Labute approximate surface area is 196 Å². The van der Waals surface area contributed by atoms with Crippen molar-refractivity contribution in [2.75, 3.05) is 6.54 Å². The van der Waals surface area contributed by atoms with E-state index >= 15 is 0 Å². The standard InChI is InChI=1S/C22H26F3N3O5S/c1-21(2,3)33-20(30)28-12-14(10-17(28)19(29)27-16(11-26)13-8-9-13)34(31,32)18-7-5-4-6-15(18)22(23,24)25/h4-7,13-14,16-17H,8-10,12H2,1-3H3,(H,27,29)/t14-,16?,17+/m1/s1. The summed E-state index contributed by atoms with van der Waals surface area (Å²) in [7, 11) is -4.58. The van der Waals surface area contributed by atoms with Crippen molar-refractivity contribution in [1.29, 1.82) is 5.26 Å². The minimum absolute atomic E-state index is 0.0245. The van der Waals surface area contributed by atoms with Crippen LogP contribution < -0.4 is 5.32 Å². The molecule has 1 aliphatic carbocycles. The Morgan fingerprint density at radius 1 is 1.21 bits per heavy atom. The third-order valence-electron chi connectivity index (χ3n) is 5.66. The highest BCUT2D eigenvalue weighted by Crippen LogP contribution is 2.38. The summed E-state index contributed by atoms with van der Waals surface area (Å²) >= 11 is 0. The molecule has 0 aromatic heterocycles. The minimum atomic E-state index is -4.91. The topological polar surface area (TPSA) is 117 Å². The third kappa shape index (κ3) is 5.63. The maximum absolute atomic E-state index is 13.5. The summed E-state index contributed by atoms with van der Waals surface area (Å²) in [5, 5.41) is 10.4. The molecular weight excluding hydrogens is 475 g/mol. The predicted octanol–water partition coefficient (Wildman–Crippen LogP) is 3.28. The van der Waals surface area contributed by atoms with Crippen molar-refractivity contribution in [2.24, 2.45) is 5.92 Å². The van der Waals surface area contributed by atoms with E-state index in [2.05, 4.69) is 5.32 Å². The van der Waals surface area contributed by atoms with E-state index in [0.717, 1.165) is 29.9 Å². The van der Waals surface area contributed by atoms with E-state index in [1.165, 1.54) is 6.07 Å². The zero-order valence-electron chi connectivity index (χ0n) is 18.9. The van der Waals surface area contributed by atoms with Gasteiger partial charge in [0.1, 0.15) is 17.7 Å². The molecule has 3 atom stereocenters. The van der Waals surface area contributed by atoms with Crippen molar-refractivity contribution >= 4 is 21.8 Å². The normalized spacial score (nSPS) is 22.1. The number of alkyl halides is 3. The van der Waals surface area contributed by atoms with Crippen LogP contribution in [0, 0.1) is 17.2 Å². The van der Waals surface area contributed by atoms with Crippen LogP contribution in [-0.2, 0) is 25.5 Å². The fourth-order valence-corrected chi connectivity index (χ4v) is 5.77. The smallest absolute Gasteiger partial charge is 0.417 e. The van der Waals surface area contributed by atoms with E-state index in [-0.39, 0.29) is 5.92 Å². The zero-order chi connectivity index (χ0) is 25.5. The number of hydrogen-bond donors (Lipinski definition) is 1. The van der Waals surface area contributed by atoms with Gasteiger partial charge in [0.2, 0.25) is 5.91 Å². The van der Waals surface area contributed by atoms with Gasteiger partial charge < -0.3 is 10.1 Å². The van der Waals surface area contributed by atoms with E-state index in [9.17, 15) is 36.4 Å². The van der Waals surface area contributed by atoms with Gasteiger partial charge in [-0.25, -0.2) is 13.2 Å². The molecular formula is C22H26F3N3O5S. The van der Waals surface area contributed by atoms with Crippen LogP contribution in [0.5, 0.6) is 0 Å². The summed E-state index contributed by atoms with van der Waals surface area (Å²) < 4.78 is 72.3. The predicted molar refractivity (Wildman–Crippen MR) is 114 cm³/mol. The molecule has 8 nitrogen and oxygen atoms in total. The van der Waals surface area contributed by atoms with Gasteiger partial charge in [-0.2, -0.15) is 18.4 Å². The molecule has 1 aromatic carbocycles. The number of carbonyl (C=O) groups is 2. The summed E-state index contributed by atoms with van der Waals surface area (Å²) in [5.74, 6) is -0.769. The highest BCUT2D eigenvalue weighted by Gasteiger charge is 2.49. The lowest BCUT2D eigenvalue weighted by atomic mass is 10.1. The molecule has 0 spiro atoms. The highest BCUT2D eigenvalue weighted by molar-refractivity contribution is 7.92. The van der Waals surface area contributed by atoms with Crippen LogP contribution >= 0.6 is 0 Å². The largest absolute Gasteiger partial charge is 0.444 e. The number of sulfone groups is 1. The summed E-state index contributed by atoms with van der Waals surface area (Å²) in [6, 6.07) is 3.67. The van der Waals surface area contributed by atoms with Crippen molar-refractivity contribution in [1.82, 2.24) is 10.2 Å². The Morgan fingerprint density at radius 2 is 1.82 bits per heavy atom. The molecule has 3 rings (SSSR count). The van der Waals surface area contributed by atoms with Crippen LogP contribution in [0.2, 0.25) is 0 Å². The van der Waals surface area contributed by atoms with Gasteiger partial charge in [-0.15, -0.1) is 0 Å². The molecule has 1 saturated heterocycles. The first-order chi connectivity index (χ1) is 15.6. The van der Waals surface area contributed by atoms with Crippen molar-refractivity contribution < 1.29 is 35.9 Å². The lowest BCUT2D eigenvalue weighted by Crippen LogP contribution is -2.50. The fourth-order valence-electron chi connectivity index (χ4n) is 3.86. The van der Waals surface area contributed by atoms with Crippen LogP contribution in [0.4, 0.5) is 18.0 Å². The van der Waals surface area contributed by atoms with Gasteiger partial charge in [-0.3, -0.25) is 9.69 Å². The molecule has 2 amide bonds. The van der Waals surface area contributed by atoms with Crippen LogP contribution in [0.1, 0.15) is 45.6 Å². The quantitative estimate of drug-likeness (QED) is 0.662. The number of nitriles is 1. The van der Waals surface area contributed by atoms with E-state index in [1.54, 1.807) is 20.8 Å². The SMILES string of the molecule is CC(C)(C)OC(=O)N1C[C@H](S(=O)(=O)c2ccccc2C(F)(F)F)C[C@H]1C(=O)NC(C#N)C1CC1. The number of benzene rings is 1. The average molecular weight is 502 g/mol. The summed E-state index contributed by atoms with van der Waals surface area (Å²) in [4.78, 5) is 25.8. The Bertz CT molecular complexity index is 1100. The number of likely N-dealkylation sites (tertiary alicyclic amines) is 1. The van der Waals surface area contributed by atoms with Crippen molar-refractivity contribution in [3.8, 4) is 6.07 Å². The number of amides is 2. The number of ether oxygens (including phenoxy) is 1. The molecule has 1 N–H and O–H groups in total. The Kier molecular flexibility index (Phi) is 6.90. The minimum Gasteiger partial charge on any atom is -0.444 e. The van der Waals surface area contributed by atoms with Crippen molar-refractivity contribution in [3.05, 3.63) is 29.8 Å². The van der Waals surface area contributed by atoms with Crippen LogP contribution in [0.15, 0.2) is 29.2 Å². The summed E-state index contributed by atoms with van der Waals surface area (Å²) in [6.07, 6.45) is -4.79. The molecule has 2 aliphatic rings. The number of carbonyl (C=O) groups excluding carboxylic acids is 2. The van der Waals surface area contributed by atoms with Gasteiger partial charge in [-0.05, 0) is 58.1 Å². The molecule has 0 radical (unpaired) electrons. The van der Waals surface area contributed by atoms with Crippen LogP contribution in [0.25, 0.3) is 0 Å². The first-order valence-corrected chi connectivity index (χ1v) is 12.3. The van der Waals surface area contributed by atoms with E-state index in [1.807, 2.05) is 6.07 Å². The molecule has 34 heavy (non-hydrogen) atoms. The summed E-state index contributed by atoms with van der Waals surface area (Å²) in [5.41, 5.74) is -2.27. The number of halogens is 3. The molecule has 186 valence electrons. The maximum Gasteiger partial charge on any atom is 0.417 e. The zero-order valence-corrected chi connectivity index (χ0v) is 19.7. The molecule has 0 bridgehead atoms. The lowest BCUT2D eigenvalue weighted by Gasteiger charge is -2.28. The van der Waals surface area contributed by atoms with Crippen molar-refractivity contribution in [2.45, 2.75) is 74.0 Å². The van der Waals surface area contributed by atoms with Crippen LogP contribution in [0.3, 0.4) is 0 Å². The van der Waals surface area contributed by atoms with Gasteiger partial charge in [0.25, 0.3) is 0 Å². The monoisotopic (exact) mass is 501 g/mol. The van der Waals surface area contributed by atoms with Gasteiger partial charge in [0, 0.05) is 6.54 Å². The Morgan fingerprint density at radius 3 is 2.35 bits per heavy atom. The number of hydrogen-bond acceptors (Lipinski definition) is 6. The molecule has 1 unspecified atom stereocenters. The summed E-state index contributed by atoms with van der Waals surface area (Å²) in [6.45, 7) is 4.23. The first-order valence-electron chi connectivity index (χ1n) is 10.7. The number of nitrogens with zero attached hydrogens (tertiary/aromatic N) is 2. The van der Waals surface area contributed by atoms with E-state index in [0.29, 0.717) is 6.07 Å². The Hall–Kier alpha value is -2.81. The van der Waals surface area contributed by atoms with E-state index in [4.69, 9.17) is 4.74 Å². The number of nitrogens with one attached hydrogen (secondary N) is 1. The Balaban J connectivity index is 1.93. The molecule has 1 aliphatic heterocycles. The molecule has 2 fully saturated rings. The van der Waals surface area contributed by atoms with Gasteiger partial charge in [0.05, 0.1) is 21.8 Å². The second kappa shape index (κ2) is 9.09. The third-order valence-corrected chi connectivity index (χ3v) is 7.85. The first kappa shape index (κ1) is 25.8. The van der Waals surface area contributed by atoms with Gasteiger partial charge >= 0.3 is 12.3 Å². The average Bonchev–Trinajstić information content (AvgIpc) is 3.46. The van der Waals surface area contributed by atoms with Crippen LogP contribution in [-0.4, -0.2) is 54.8 Å². The van der Waals surface area contributed by atoms with Gasteiger partial charge in [0.15, 0.2) is 9.84 Å². The molecule has 1 aromatic rings. The molecule has 1 heterocycles.